The lowest BCUT2D eigenvalue weighted by molar-refractivity contribution is 0.918. The summed E-state index contributed by atoms with van der Waals surface area (Å²) in [7, 11) is 0. The highest BCUT2D eigenvalue weighted by Gasteiger charge is 2.19. The van der Waals surface area contributed by atoms with E-state index in [2.05, 4.69) is 38.5 Å². The van der Waals surface area contributed by atoms with Gasteiger partial charge in [0.1, 0.15) is 17.8 Å². The second-order valence-electron chi connectivity index (χ2n) is 7.67. The molecule has 0 aliphatic heterocycles. The lowest BCUT2D eigenvalue weighted by atomic mass is 10.1. The Hall–Kier alpha value is -4.52. The van der Waals surface area contributed by atoms with Crippen molar-refractivity contribution in [2.24, 2.45) is 0 Å². The van der Waals surface area contributed by atoms with E-state index in [9.17, 15) is 0 Å². The second-order valence-corrected chi connectivity index (χ2v) is 7.67. The van der Waals surface area contributed by atoms with E-state index in [0.717, 1.165) is 33.7 Å². The van der Waals surface area contributed by atoms with Crippen LogP contribution >= 0.6 is 0 Å². The van der Waals surface area contributed by atoms with Crippen molar-refractivity contribution in [3.05, 3.63) is 103 Å². The molecule has 3 heterocycles. The third kappa shape index (κ3) is 4.29. The molecular weight excluding hydrogens is 410 g/mol. The summed E-state index contributed by atoms with van der Waals surface area (Å²) in [4.78, 5) is 20.2. The summed E-state index contributed by atoms with van der Waals surface area (Å²) in [6.07, 6.45) is 3.27. The van der Waals surface area contributed by atoms with Gasteiger partial charge in [-0.3, -0.25) is 4.98 Å². The minimum atomic E-state index is 0.434. The molecule has 3 N–H and O–H groups in total. The molecule has 0 fully saturated rings. The number of nitrogens with two attached hydrogens (primary N) is 1. The molecule has 0 aliphatic carbocycles. The summed E-state index contributed by atoms with van der Waals surface area (Å²) < 4.78 is 0. The first-order valence-electron chi connectivity index (χ1n) is 10.7. The van der Waals surface area contributed by atoms with Gasteiger partial charge in [0.2, 0.25) is 0 Å². The predicted octanol–water partition coefficient (Wildman–Crippen LogP) is 5.39. The minimum Gasteiger partial charge on any atom is -0.393 e. The molecule has 3 aromatic heterocycles. The van der Waals surface area contributed by atoms with Crippen molar-refractivity contribution in [2.75, 3.05) is 16.0 Å². The maximum absolute atomic E-state index is 6.62. The number of nitrogens with zero attached hydrogens (tertiary/aromatic N) is 5. The molecule has 162 valence electrons. The summed E-state index contributed by atoms with van der Waals surface area (Å²) in [5.74, 6) is 1.85. The third-order valence-corrected chi connectivity index (χ3v) is 5.34. The number of nitrogens with one attached hydrogen (secondary N) is 1. The van der Waals surface area contributed by atoms with Crippen LogP contribution in [-0.4, -0.2) is 19.9 Å². The first-order valence-corrected chi connectivity index (χ1v) is 10.7. The number of fused-ring (bicyclic) bond motifs is 1. The van der Waals surface area contributed by atoms with E-state index in [1.807, 2.05) is 72.5 Å². The van der Waals surface area contributed by atoms with Crippen molar-refractivity contribution in [1.29, 1.82) is 0 Å². The highest BCUT2D eigenvalue weighted by Crippen LogP contribution is 2.34. The van der Waals surface area contributed by atoms with E-state index in [1.165, 1.54) is 6.33 Å². The van der Waals surface area contributed by atoms with Crippen molar-refractivity contribution < 1.29 is 0 Å². The van der Waals surface area contributed by atoms with Crippen molar-refractivity contribution >= 4 is 39.7 Å². The summed E-state index contributed by atoms with van der Waals surface area (Å²) in [6, 6.07) is 26.0. The Morgan fingerprint density at radius 2 is 1.70 bits per heavy atom. The van der Waals surface area contributed by atoms with E-state index in [-0.39, 0.29) is 0 Å². The molecule has 0 unspecified atom stereocenters. The first-order chi connectivity index (χ1) is 16.2. The highest BCUT2D eigenvalue weighted by molar-refractivity contribution is 5.93. The Bertz CT molecular complexity index is 1390. The van der Waals surface area contributed by atoms with E-state index in [0.29, 0.717) is 23.9 Å². The normalized spacial score (nSPS) is 10.8. The van der Waals surface area contributed by atoms with E-state index in [1.54, 1.807) is 6.20 Å². The van der Waals surface area contributed by atoms with Gasteiger partial charge >= 0.3 is 0 Å². The van der Waals surface area contributed by atoms with Gasteiger partial charge in [-0.05, 0) is 36.8 Å². The molecule has 5 aromatic rings. The van der Waals surface area contributed by atoms with Gasteiger partial charge in [-0.15, -0.1) is 0 Å². The number of pyridine rings is 2. The number of aryl methyl sites for hydroxylation is 1. The Balaban J connectivity index is 1.56. The first kappa shape index (κ1) is 20.4. The van der Waals surface area contributed by atoms with Crippen molar-refractivity contribution in [1.82, 2.24) is 19.9 Å². The molecule has 7 heteroatoms. The minimum absolute atomic E-state index is 0.434. The molecule has 7 nitrogen and oxygen atoms in total. The van der Waals surface area contributed by atoms with Crippen LogP contribution in [-0.2, 0) is 6.54 Å². The molecule has 0 bridgehead atoms. The van der Waals surface area contributed by atoms with Crippen LogP contribution in [0.1, 0.15) is 11.3 Å². The predicted molar refractivity (Wildman–Crippen MR) is 133 cm³/mol. The van der Waals surface area contributed by atoms with E-state index < -0.39 is 0 Å². The Morgan fingerprint density at radius 1 is 0.848 bits per heavy atom. The summed E-state index contributed by atoms with van der Waals surface area (Å²) in [6.45, 7) is 2.54. The Labute approximate surface area is 192 Å². The van der Waals surface area contributed by atoms with Crippen LogP contribution in [0.25, 0.3) is 10.9 Å². The van der Waals surface area contributed by atoms with Gasteiger partial charge in [0, 0.05) is 17.3 Å². The molecule has 0 atom stereocenters. The SMILES string of the molecule is Cc1ccc2cccc(Nc3ncnc(N(Cc4ccccc4)c4ccccn4)c3N)c2n1. The largest absolute Gasteiger partial charge is 0.393 e. The second kappa shape index (κ2) is 8.92. The van der Waals surface area contributed by atoms with E-state index in [4.69, 9.17) is 10.7 Å². The lowest BCUT2D eigenvalue weighted by Crippen LogP contribution is -2.21. The number of benzene rings is 2. The number of rotatable bonds is 6. The zero-order valence-electron chi connectivity index (χ0n) is 18.2. The number of hydrogen-bond donors (Lipinski definition) is 2. The zero-order chi connectivity index (χ0) is 22.6. The fourth-order valence-corrected chi connectivity index (χ4v) is 3.72. The molecule has 0 radical (unpaired) electrons. The summed E-state index contributed by atoms with van der Waals surface area (Å²) in [5, 5.41) is 4.41. The Morgan fingerprint density at radius 3 is 2.52 bits per heavy atom. The van der Waals surface area contributed by atoms with Crippen LogP contribution in [0, 0.1) is 6.92 Å². The number of para-hydroxylation sites is 1. The standard InChI is InChI=1S/C26H23N7/c1-18-13-14-20-10-7-11-21(24(20)31-18)32-25-23(27)26(30-17-29-25)33(22-12-5-6-15-28-22)16-19-8-3-2-4-9-19/h2-15,17H,16,27H2,1H3,(H,29,30,32). The summed E-state index contributed by atoms with van der Waals surface area (Å²) >= 11 is 0. The van der Waals surface area contributed by atoms with Crippen LogP contribution in [0.3, 0.4) is 0 Å². The Kier molecular flexibility index (Phi) is 5.51. The number of hydrogen-bond acceptors (Lipinski definition) is 7. The molecule has 0 aliphatic rings. The fraction of sp³-hybridized carbons (Fsp3) is 0.0769. The van der Waals surface area contributed by atoms with Crippen molar-refractivity contribution in [3.8, 4) is 0 Å². The van der Waals surface area contributed by atoms with Crippen LogP contribution in [0.4, 0.5) is 28.8 Å². The summed E-state index contributed by atoms with van der Waals surface area (Å²) in [5.41, 5.74) is 10.8. The molecule has 0 saturated heterocycles. The molecule has 0 spiro atoms. The number of aromatic nitrogens is 4. The zero-order valence-corrected chi connectivity index (χ0v) is 18.2. The van der Waals surface area contributed by atoms with E-state index >= 15 is 0 Å². The average molecular weight is 434 g/mol. The number of nitrogen functional groups attached to an aromatic ring is 1. The third-order valence-electron chi connectivity index (χ3n) is 5.34. The maximum atomic E-state index is 6.62. The topological polar surface area (TPSA) is 92.9 Å². The van der Waals surface area contributed by atoms with Crippen LogP contribution < -0.4 is 16.0 Å². The molecule has 5 rings (SSSR count). The molecule has 33 heavy (non-hydrogen) atoms. The van der Waals surface area contributed by atoms with Gasteiger partial charge in [-0.1, -0.05) is 54.6 Å². The van der Waals surface area contributed by atoms with Gasteiger partial charge in [-0.25, -0.2) is 15.0 Å². The fourth-order valence-electron chi connectivity index (χ4n) is 3.72. The molecule has 2 aromatic carbocycles. The van der Waals surface area contributed by atoms with Crippen molar-refractivity contribution in [3.63, 3.8) is 0 Å². The van der Waals surface area contributed by atoms with Gasteiger partial charge in [0.25, 0.3) is 0 Å². The van der Waals surface area contributed by atoms with Crippen LogP contribution in [0.15, 0.2) is 91.4 Å². The van der Waals surface area contributed by atoms with Gasteiger partial charge in [0.05, 0.1) is 17.7 Å². The maximum Gasteiger partial charge on any atom is 0.163 e. The molecular formula is C26H23N7. The van der Waals surface area contributed by atoms with Gasteiger partial charge in [-0.2, -0.15) is 0 Å². The average Bonchev–Trinajstić information content (AvgIpc) is 2.85. The molecule has 0 saturated carbocycles. The molecule has 0 amide bonds. The smallest absolute Gasteiger partial charge is 0.163 e. The quantitative estimate of drug-likeness (QED) is 0.371. The van der Waals surface area contributed by atoms with Gasteiger partial charge in [0.15, 0.2) is 11.6 Å². The lowest BCUT2D eigenvalue weighted by Gasteiger charge is -2.25. The van der Waals surface area contributed by atoms with Crippen LogP contribution in [0.5, 0.6) is 0 Å². The number of anilines is 5. The van der Waals surface area contributed by atoms with Crippen molar-refractivity contribution in [2.45, 2.75) is 13.5 Å². The highest BCUT2D eigenvalue weighted by atomic mass is 15.3. The monoisotopic (exact) mass is 433 g/mol. The van der Waals surface area contributed by atoms with Crippen LogP contribution in [0.2, 0.25) is 0 Å². The van der Waals surface area contributed by atoms with Gasteiger partial charge < -0.3 is 16.0 Å².